The van der Waals surface area contributed by atoms with Crippen molar-refractivity contribution in [3.05, 3.63) is 133 Å². The number of nitrogens with two attached hydrogens (primary N) is 1. The molecule has 0 fully saturated rings. The Kier molecular flexibility index (Phi) is 4.61. The summed E-state index contributed by atoms with van der Waals surface area (Å²) in [6.07, 6.45) is 7.22. The van der Waals surface area contributed by atoms with E-state index in [9.17, 15) is 0 Å². The third-order valence-corrected chi connectivity index (χ3v) is 5.90. The molecule has 0 bridgehead atoms. The first-order chi connectivity index (χ1) is 14.8. The maximum absolute atomic E-state index is 6.16. The van der Waals surface area contributed by atoms with E-state index in [4.69, 9.17) is 5.73 Å². The van der Waals surface area contributed by atoms with Crippen LogP contribution >= 0.6 is 0 Å². The summed E-state index contributed by atoms with van der Waals surface area (Å²) < 4.78 is 0. The minimum atomic E-state index is -0.379. The van der Waals surface area contributed by atoms with Gasteiger partial charge in [-0.1, -0.05) is 97.1 Å². The average Bonchev–Trinajstić information content (AvgIpc) is 2.82. The van der Waals surface area contributed by atoms with Gasteiger partial charge in [-0.05, 0) is 41.6 Å². The first-order valence-corrected chi connectivity index (χ1v) is 10.3. The zero-order valence-corrected chi connectivity index (χ0v) is 16.8. The standard InChI is InChI=1S/C28H24N2/c29-24-18-20-28(21-19-24,23-12-3-1-4-13-23)30(25-14-5-2-6-15-25)27-17-9-11-22-10-7-8-16-26(22)27/h1-20H,21,29H2. The van der Waals surface area contributed by atoms with Crippen LogP contribution in [0.1, 0.15) is 12.0 Å². The Labute approximate surface area is 177 Å². The van der Waals surface area contributed by atoms with Crippen molar-refractivity contribution < 1.29 is 0 Å². The molecule has 4 aromatic rings. The lowest BCUT2D eigenvalue weighted by Crippen LogP contribution is -2.43. The van der Waals surface area contributed by atoms with Gasteiger partial charge < -0.3 is 10.6 Å². The van der Waals surface area contributed by atoms with Gasteiger partial charge in [0.25, 0.3) is 0 Å². The van der Waals surface area contributed by atoms with Gasteiger partial charge in [0.15, 0.2) is 0 Å². The summed E-state index contributed by atoms with van der Waals surface area (Å²) >= 11 is 0. The van der Waals surface area contributed by atoms with Crippen molar-refractivity contribution in [2.24, 2.45) is 5.73 Å². The van der Waals surface area contributed by atoms with Crippen molar-refractivity contribution in [1.29, 1.82) is 0 Å². The molecule has 5 rings (SSSR count). The summed E-state index contributed by atoms with van der Waals surface area (Å²) in [5.74, 6) is 0. The first-order valence-electron chi connectivity index (χ1n) is 10.3. The van der Waals surface area contributed by atoms with Gasteiger partial charge in [-0.2, -0.15) is 0 Å². The molecule has 1 unspecified atom stereocenters. The zero-order valence-electron chi connectivity index (χ0n) is 16.8. The molecule has 1 aliphatic rings. The summed E-state index contributed by atoms with van der Waals surface area (Å²) in [5.41, 5.74) is 10.2. The molecule has 30 heavy (non-hydrogen) atoms. The number of benzene rings is 4. The number of anilines is 2. The van der Waals surface area contributed by atoms with Crippen molar-refractivity contribution in [3.8, 4) is 0 Å². The molecule has 0 saturated heterocycles. The van der Waals surface area contributed by atoms with Gasteiger partial charge in [0.05, 0.1) is 11.2 Å². The maximum atomic E-state index is 6.16. The molecular weight excluding hydrogens is 364 g/mol. The lowest BCUT2D eigenvalue weighted by Gasteiger charge is -2.45. The molecule has 2 N–H and O–H groups in total. The number of rotatable bonds is 4. The highest BCUT2D eigenvalue weighted by Crippen LogP contribution is 2.46. The quantitative estimate of drug-likeness (QED) is 0.423. The Morgan fingerprint density at radius 1 is 0.700 bits per heavy atom. The van der Waals surface area contributed by atoms with Gasteiger partial charge in [0.2, 0.25) is 0 Å². The highest BCUT2D eigenvalue weighted by molar-refractivity contribution is 5.97. The van der Waals surface area contributed by atoms with Crippen LogP contribution in [0.25, 0.3) is 10.8 Å². The van der Waals surface area contributed by atoms with Crippen LogP contribution in [0.2, 0.25) is 0 Å². The van der Waals surface area contributed by atoms with E-state index < -0.39 is 0 Å². The molecule has 0 aromatic heterocycles. The van der Waals surface area contributed by atoms with Crippen LogP contribution in [-0.2, 0) is 5.54 Å². The van der Waals surface area contributed by atoms with Crippen LogP contribution in [0.3, 0.4) is 0 Å². The van der Waals surface area contributed by atoms with E-state index in [0.717, 1.165) is 17.8 Å². The molecule has 2 heteroatoms. The maximum Gasteiger partial charge on any atom is 0.0925 e. The van der Waals surface area contributed by atoms with E-state index in [2.05, 4.69) is 120 Å². The molecule has 0 spiro atoms. The fourth-order valence-corrected chi connectivity index (χ4v) is 4.44. The Morgan fingerprint density at radius 3 is 2.10 bits per heavy atom. The Balaban J connectivity index is 1.83. The molecular formula is C28H24N2. The Bertz CT molecular complexity index is 1220. The van der Waals surface area contributed by atoms with Crippen LogP contribution in [0.5, 0.6) is 0 Å². The minimum absolute atomic E-state index is 0.379. The Hall–Kier alpha value is -3.78. The second kappa shape index (κ2) is 7.57. The van der Waals surface area contributed by atoms with Gasteiger partial charge in [-0.25, -0.2) is 0 Å². The third kappa shape index (κ3) is 3.07. The van der Waals surface area contributed by atoms with Gasteiger partial charge in [-0.3, -0.25) is 0 Å². The molecule has 1 aliphatic carbocycles. The number of hydrogen-bond donors (Lipinski definition) is 1. The van der Waals surface area contributed by atoms with E-state index in [-0.39, 0.29) is 5.54 Å². The van der Waals surface area contributed by atoms with Crippen LogP contribution < -0.4 is 10.6 Å². The summed E-state index contributed by atoms with van der Waals surface area (Å²) in [6, 6.07) is 36.4. The first kappa shape index (κ1) is 18.3. The normalized spacial score (nSPS) is 18.2. The minimum Gasteiger partial charge on any atom is -0.399 e. The molecule has 2 nitrogen and oxygen atoms in total. The van der Waals surface area contributed by atoms with E-state index in [1.165, 1.54) is 22.0 Å². The van der Waals surface area contributed by atoms with Crippen molar-refractivity contribution >= 4 is 22.1 Å². The van der Waals surface area contributed by atoms with Crippen LogP contribution in [0.4, 0.5) is 11.4 Å². The SMILES string of the molecule is NC1=CCC(c2ccccc2)(N(c2ccccc2)c2cccc3ccccc23)C=C1. The lowest BCUT2D eigenvalue weighted by atomic mass is 9.80. The zero-order chi connectivity index (χ0) is 20.4. The fourth-order valence-electron chi connectivity index (χ4n) is 4.44. The molecule has 0 amide bonds. The molecule has 0 saturated carbocycles. The van der Waals surface area contributed by atoms with Crippen LogP contribution in [0, 0.1) is 0 Å². The second-order valence-corrected chi connectivity index (χ2v) is 7.70. The number of nitrogens with zero attached hydrogens (tertiary/aromatic N) is 1. The fraction of sp³-hybridized carbons (Fsp3) is 0.0714. The number of hydrogen-bond acceptors (Lipinski definition) is 2. The van der Waals surface area contributed by atoms with Gasteiger partial charge in [0, 0.05) is 16.8 Å². The summed E-state index contributed by atoms with van der Waals surface area (Å²) in [7, 11) is 0. The summed E-state index contributed by atoms with van der Waals surface area (Å²) in [5, 5.41) is 2.46. The van der Waals surface area contributed by atoms with Crippen molar-refractivity contribution in [2.75, 3.05) is 4.90 Å². The van der Waals surface area contributed by atoms with Crippen LogP contribution in [-0.4, -0.2) is 0 Å². The number of allylic oxidation sites excluding steroid dienone is 1. The smallest absolute Gasteiger partial charge is 0.0925 e. The predicted molar refractivity (Wildman–Crippen MR) is 127 cm³/mol. The lowest BCUT2D eigenvalue weighted by molar-refractivity contribution is 0.545. The summed E-state index contributed by atoms with van der Waals surface area (Å²) in [4.78, 5) is 2.46. The topological polar surface area (TPSA) is 29.3 Å². The molecule has 0 heterocycles. The second-order valence-electron chi connectivity index (χ2n) is 7.70. The van der Waals surface area contributed by atoms with E-state index in [0.29, 0.717) is 0 Å². The number of fused-ring (bicyclic) bond motifs is 1. The molecule has 0 aliphatic heterocycles. The monoisotopic (exact) mass is 388 g/mol. The van der Waals surface area contributed by atoms with Gasteiger partial charge in [0.1, 0.15) is 0 Å². The van der Waals surface area contributed by atoms with E-state index in [1.54, 1.807) is 0 Å². The van der Waals surface area contributed by atoms with Crippen molar-refractivity contribution in [3.63, 3.8) is 0 Å². The van der Waals surface area contributed by atoms with Crippen molar-refractivity contribution in [2.45, 2.75) is 12.0 Å². The van der Waals surface area contributed by atoms with E-state index >= 15 is 0 Å². The van der Waals surface area contributed by atoms with Gasteiger partial charge in [-0.15, -0.1) is 0 Å². The highest BCUT2D eigenvalue weighted by Gasteiger charge is 2.38. The number of para-hydroxylation sites is 1. The molecule has 4 aromatic carbocycles. The largest absolute Gasteiger partial charge is 0.399 e. The summed E-state index contributed by atoms with van der Waals surface area (Å²) in [6.45, 7) is 0. The average molecular weight is 389 g/mol. The van der Waals surface area contributed by atoms with Crippen LogP contribution in [0.15, 0.2) is 127 Å². The Morgan fingerprint density at radius 2 is 1.37 bits per heavy atom. The van der Waals surface area contributed by atoms with E-state index in [1.807, 2.05) is 6.08 Å². The molecule has 0 radical (unpaired) electrons. The molecule has 146 valence electrons. The van der Waals surface area contributed by atoms with Gasteiger partial charge >= 0.3 is 0 Å². The third-order valence-electron chi connectivity index (χ3n) is 5.90. The predicted octanol–water partition coefficient (Wildman–Crippen LogP) is 6.68. The van der Waals surface area contributed by atoms with Crippen molar-refractivity contribution in [1.82, 2.24) is 0 Å². The molecule has 1 atom stereocenters. The highest BCUT2D eigenvalue weighted by atomic mass is 15.2.